The van der Waals surface area contributed by atoms with Gasteiger partial charge in [0.05, 0.1) is 54.2 Å². The number of rotatable bonds is 8. The minimum Gasteiger partial charge on any atom is -0.480 e. The highest BCUT2D eigenvalue weighted by molar-refractivity contribution is 6.39. The topological polar surface area (TPSA) is 120 Å². The van der Waals surface area contributed by atoms with Gasteiger partial charge in [-0.1, -0.05) is 59.6 Å². The number of halogens is 2. The summed E-state index contributed by atoms with van der Waals surface area (Å²) in [6, 6.07) is 11.3. The Hall–Kier alpha value is -3.34. The van der Waals surface area contributed by atoms with E-state index < -0.39 is 0 Å². The van der Waals surface area contributed by atoms with Crippen LogP contribution in [0.15, 0.2) is 48.8 Å². The zero-order valence-electron chi connectivity index (χ0n) is 21.6. The van der Waals surface area contributed by atoms with E-state index >= 15 is 0 Å². The number of hydrogen-bond donors (Lipinski definition) is 2. The SMILES string of the molecule is COc1nc(-c2cccc(-c3cccc(-c4cnc(CN5CCC(O)C5)c(OC)n4)c3Cl)c2Cl)cnc1CN. The van der Waals surface area contributed by atoms with Crippen LogP contribution in [0.1, 0.15) is 17.8 Å². The van der Waals surface area contributed by atoms with Crippen LogP contribution in [-0.4, -0.2) is 63.4 Å². The third-order valence-electron chi connectivity index (χ3n) is 6.66. The standard InChI is InChI=1S/C28H28Cl2N6O3/c1-38-27-21(11-31)32-12-22(34-27)19-7-3-5-17(25(19)29)18-6-4-8-20(26(18)30)23-13-33-24(28(35-23)39-2)15-36-10-9-16(37)14-36/h3-8,12-13,16,37H,9-11,14-15,31H2,1-2H3. The molecule has 2 aromatic carbocycles. The molecule has 1 atom stereocenters. The fourth-order valence-corrected chi connectivity index (χ4v) is 5.32. The van der Waals surface area contributed by atoms with Crippen molar-refractivity contribution in [3.8, 4) is 45.4 Å². The molecule has 4 aromatic rings. The summed E-state index contributed by atoms with van der Waals surface area (Å²) >= 11 is 13.9. The molecule has 1 aliphatic heterocycles. The van der Waals surface area contributed by atoms with Gasteiger partial charge >= 0.3 is 0 Å². The maximum Gasteiger partial charge on any atom is 0.237 e. The van der Waals surface area contributed by atoms with E-state index in [1.54, 1.807) is 19.5 Å². The first-order valence-electron chi connectivity index (χ1n) is 12.4. The molecule has 9 nitrogen and oxygen atoms in total. The highest BCUT2D eigenvalue weighted by atomic mass is 35.5. The minimum absolute atomic E-state index is 0.211. The summed E-state index contributed by atoms with van der Waals surface area (Å²) in [5.41, 5.74) is 11.0. The highest BCUT2D eigenvalue weighted by Crippen LogP contribution is 2.42. The summed E-state index contributed by atoms with van der Waals surface area (Å²) in [5, 5.41) is 10.8. The molecule has 3 heterocycles. The van der Waals surface area contributed by atoms with Crippen molar-refractivity contribution >= 4 is 23.2 Å². The number of nitrogens with two attached hydrogens (primary N) is 1. The fourth-order valence-electron chi connectivity index (χ4n) is 4.67. The normalized spacial score (nSPS) is 15.5. The van der Waals surface area contributed by atoms with Crippen LogP contribution in [-0.2, 0) is 13.1 Å². The molecule has 1 saturated heterocycles. The van der Waals surface area contributed by atoms with E-state index in [1.165, 1.54) is 7.11 Å². The number of benzene rings is 2. The molecule has 202 valence electrons. The van der Waals surface area contributed by atoms with E-state index in [0.29, 0.717) is 68.8 Å². The van der Waals surface area contributed by atoms with Gasteiger partial charge in [-0.2, -0.15) is 0 Å². The molecule has 11 heteroatoms. The number of likely N-dealkylation sites (tertiary alicyclic amines) is 1. The van der Waals surface area contributed by atoms with E-state index in [4.69, 9.17) is 43.4 Å². The van der Waals surface area contributed by atoms with Crippen LogP contribution in [0.25, 0.3) is 33.6 Å². The molecule has 0 spiro atoms. The van der Waals surface area contributed by atoms with Crippen molar-refractivity contribution in [2.75, 3.05) is 27.3 Å². The van der Waals surface area contributed by atoms with Crippen molar-refractivity contribution in [3.63, 3.8) is 0 Å². The lowest BCUT2D eigenvalue weighted by molar-refractivity contribution is 0.174. The monoisotopic (exact) mass is 566 g/mol. The van der Waals surface area contributed by atoms with E-state index in [-0.39, 0.29) is 12.6 Å². The lowest BCUT2D eigenvalue weighted by atomic mass is 9.98. The zero-order valence-corrected chi connectivity index (χ0v) is 23.1. The Kier molecular flexibility index (Phi) is 8.25. The molecule has 1 aliphatic rings. The molecule has 0 amide bonds. The molecule has 1 unspecified atom stereocenters. The number of aliphatic hydroxyl groups is 1. The molecule has 1 fully saturated rings. The lowest BCUT2D eigenvalue weighted by Crippen LogP contribution is -2.22. The number of hydrogen-bond acceptors (Lipinski definition) is 9. The second-order valence-corrected chi connectivity index (χ2v) is 9.89. The van der Waals surface area contributed by atoms with Crippen molar-refractivity contribution in [1.82, 2.24) is 24.8 Å². The Bertz CT molecular complexity index is 1500. The van der Waals surface area contributed by atoms with Gasteiger partial charge in [0.25, 0.3) is 0 Å². The lowest BCUT2D eigenvalue weighted by Gasteiger charge is -2.17. The van der Waals surface area contributed by atoms with Gasteiger partial charge in [-0.15, -0.1) is 0 Å². The number of aromatic nitrogens is 4. The Morgan fingerprint density at radius 2 is 1.38 bits per heavy atom. The van der Waals surface area contributed by atoms with Crippen molar-refractivity contribution in [2.45, 2.75) is 25.6 Å². The van der Waals surface area contributed by atoms with Gasteiger partial charge in [-0.25, -0.2) is 9.97 Å². The first-order valence-corrected chi connectivity index (χ1v) is 13.2. The van der Waals surface area contributed by atoms with Gasteiger partial charge in [-0.3, -0.25) is 14.9 Å². The fraction of sp³-hybridized carbons (Fsp3) is 0.286. The average molecular weight is 567 g/mol. The van der Waals surface area contributed by atoms with Crippen LogP contribution < -0.4 is 15.2 Å². The summed E-state index contributed by atoms with van der Waals surface area (Å²) in [7, 11) is 3.09. The highest BCUT2D eigenvalue weighted by Gasteiger charge is 2.23. The van der Waals surface area contributed by atoms with Crippen molar-refractivity contribution in [2.24, 2.45) is 5.73 Å². The van der Waals surface area contributed by atoms with Crippen LogP contribution >= 0.6 is 23.2 Å². The molecule has 5 rings (SSSR count). The van der Waals surface area contributed by atoms with Crippen LogP contribution in [0.5, 0.6) is 11.8 Å². The first-order chi connectivity index (χ1) is 18.9. The Balaban J connectivity index is 1.50. The molecule has 0 bridgehead atoms. The van der Waals surface area contributed by atoms with Crippen LogP contribution in [0, 0.1) is 0 Å². The maximum atomic E-state index is 9.84. The molecular weight excluding hydrogens is 539 g/mol. The van der Waals surface area contributed by atoms with E-state index in [1.807, 2.05) is 36.4 Å². The third kappa shape index (κ3) is 5.54. The zero-order chi connectivity index (χ0) is 27.5. The predicted octanol–water partition coefficient (Wildman–Crippen LogP) is 4.62. The number of ether oxygens (including phenoxy) is 2. The summed E-state index contributed by atoms with van der Waals surface area (Å²) in [6.45, 7) is 2.17. The van der Waals surface area contributed by atoms with E-state index in [9.17, 15) is 5.11 Å². The van der Waals surface area contributed by atoms with Crippen molar-refractivity contribution in [3.05, 3.63) is 70.2 Å². The number of methoxy groups -OCH3 is 2. The molecular formula is C28H28Cl2N6O3. The predicted molar refractivity (Wildman–Crippen MR) is 151 cm³/mol. The van der Waals surface area contributed by atoms with Crippen molar-refractivity contribution in [1.29, 1.82) is 0 Å². The maximum absolute atomic E-state index is 9.84. The molecule has 0 radical (unpaired) electrons. The van der Waals surface area contributed by atoms with Crippen LogP contribution in [0.3, 0.4) is 0 Å². The number of aliphatic hydroxyl groups excluding tert-OH is 1. The molecule has 0 saturated carbocycles. The molecule has 0 aliphatic carbocycles. The smallest absolute Gasteiger partial charge is 0.237 e. The second kappa shape index (κ2) is 11.8. The van der Waals surface area contributed by atoms with Gasteiger partial charge in [0.1, 0.15) is 11.4 Å². The van der Waals surface area contributed by atoms with Gasteiger partial charge in [0.15, 0.2) is 0 Å². The Morgan fingerprint density at radius 3 is 1.87 bits per heavy atom. The van der Waals surface area contributed by atoms with Crippen LogP contribution in [0.2, 0.25) is 10.0 Å². The summed E-state index contributed by atoms with van der Waals surface area (Å²) in [4.78, 5) is 20.4. The summed E-state index contributed by atoms with van der Waals surface area (Å²) in [5.74, 6) is 0.775. The summed E-state index contributed by atoms with van der Waals surface area (Å²) < 4.78 is 10.9. The number of nitrogens with zero attached hydrogens (tertiary/aromatic N) is 5. The van der Waals surface area contributed by atoms with Gasteiger partial charge in [0.2, 0.25) is 11.8 Å². The minimum atomic E-state index is -0.311. The van der Waals surface area contributed by atoms with Gasteiger partial charge < -0.3 is 20.3 Å². The average Bonchev–Trinajstić information content (AvgIpc) is 3.37. The Labute approximate surface area is 236 Å². The van der Waals surface area contributed by atoms with Gasteiger partial charge in [-0.05, 0) is 6.42 Å². The summed E-state index contributed by atoms with van der Waals surface area (Å²) in [6.07, 6.45) is 3.75. The number of β-amino-alcohol motifs (C(OH)–C–C–N with tert-alkyl or cyclic N) is 1. The molecule has 3 N–H and O–H groups in total. The quantitative estimate of drug-likeness (QED) is 0.314. The van der Waals surface area contributed by atoms with E-state index in [0.717, 1.165) is 24.1 Å². The van der Waals surface area contributed by atoms with Gasteiger partial charge in [0, 0.05) is 48.4 Å². The Morgan fingerprint density at radius 1 is 0.872 bits per heavy atom. The second-order valence-electron chi connectivity index (χ2n) is 9.14. The third-order valence-corrected chi connectivity index (χ3v) is 7.48. The molecule has 2 aromatic heterocycles. The van der Waals surface area contributed by atoms with Crippen molar-refractivity contribution < 1.29 is 14.6 Å². The first kappa shape index (κ1) is 27.2. The van der Waals surface area contributed by atoms with E-state index in [2.05, 4.69) is 19.9 Å². The van der Waals surface area contributed by atoms with Crippen LogP contribution in [0.4, 0.5) is 0 Å². The molecule has 39 heavy (non-hydrogen) atoms. The largest absolute Gasteiger partial charge is 0.480 e.